The second-order valence-corrected chi connectivity index (χ2v) is 5.40. The van der Waals surface area contributed by atoms with Crippen LogP contribution in [0.15, 0.2) is 39.5 Å². The molecular weight excluding hydrogens is 292 g/mol. The van der Waals surface area contributed by atoms with Crippen LogP contribution in [0.5, 0.6) is 0 Å². The van der Waals surface area contributed by atoms with E-state index in [-0.39, 0.29) is 0 Å². The molecule has 96 valence electrons. The number of aromatic nitrogens is 1. The molecular formula is C14H17BrN2O. The van der Waals surface area contributed by atoms with E-state index in [1.807, 2.05) is 18.3 Å². The first-order valence-corrected chi connectivity index (χ1v) is 6.85. The largest absolute Gasteiger partial charge is 0.469 e. The van der Waals surface area contributed by atoms with Gasteiger partial charge in [-0.2, -0.15) is 0 Å². The van der Waals surface area contributed by atoms with E-state index in [9.17, 15) is 0 Å². The number of pyridine rings is 1. The van der Waals surface area contributed by atoms with Crippen LogP contribution in [0.4, 0.5) is 5.82 Å². The summed E-state index contributed by atoms with van der Waals surface area (Å²) < 4.78 is 6.33. The van der Waals surface area contributed by atoms with Gasteiger partial charge in [-0.15, -0.1) is 0 Å². The third-order valence-corrected chi connectivity index (χ3v) is 3.27. The number of halogens is 1. The summed E-state index contributed by atoms with van der Waals surface area (Å²) in [5, 5.41) is 3.43. The van der Waals surface area contributed by atoms with Crippen LogP contribution < -0.4 is 5.32 Å². The van der Waals surface area contributed by atoms with Crippen molar-refractivity contribution in [1.82, 2.24) is 4.98 Å². The first-order valence-electron chi connectivity index (χ1n) is 6.06. The number of aryl methyl sites for hydroxylation is 2. The van der Waals surface area contributed by atoms with Gasteiger partial charge in [-0.05, 0) is 60.0 Å². The average Bonchev–Trinajstić information content (AvgIpc) is 2.83. The van der Waals surface area contributed by atoms with Crippen LogP contribution >= 0.6 is 15.9 Å². The molecule has 0 saturated carbocycles. The molecule has 1 unspecified atom stereocenters. The van der Waals surface area contributed by atoms with E-state index < -0.39 is 0 Å². The van der Waals surface area contributed by atoms with Gasteiger partial charge in [0.2, 0.25) is 0 Å². The van der Waals surface area contributed by atoms with Crippen molar-refractivity contribution in [2.75, 3.05) is 5.32 Å². The van der Waals surface area contributed by atoms with E-state index in [1.165, 1.54) is 0 Å². The lowest BCUT2D eigenvalue weighted by molar-refractivity contribution is 0.495. The van der Waals surface area contributed by atoms with Crippen molar-refractivity contribution in [1.29, 1.82) is 0 Å². The van der Waals surface area contributed by atoms with Crippen LogP contribution in [0.3, 0.4) is 0 Å². The zero-order valence-electron chi connectivity index (χ0n) is 10.6. The summed E-state index contributed by atoms with van der Waals surface area (Å²) in [5.74, 6) is 1.98. The molecule has 0 aliphatic heterocycles. The molecule has 1 N–H and O–H groups in total. The van der Waals surface area contributed by atoms with Crippen molar-refractivity contribution >= 4 is 21.7 Å². The maximum absolute atomic E-state index is 5.32. The Morgan fingerprint density at radius 2 is 2.33 bits per heavy atom. The van der Waals surface area contributed by atoms with E-state index in [1.54, 1.807) is 6.26 Å². The summed E-state index contributed by atoms with van der Waals surface area (Å²) in [7, 11) is 0. The first kappa shape index (κ1) is 13.1. The van der Waals surface area contributed by atoms with Gasteiger partial charge in [0.25, 0.3) is 0 Å². The van der Waals surface area contributed by atoms with E-state index in [0.717, 1.165) is 34.5 Å². The standard InChI is InChI=1S/C14H17BrN2O/c1-10-8-12(15)9-16-14(10)17-11(2)5-6-13-4-3-7-18-13/h3-4,7-9,11H,5-6H2,1-2H3,(H,16,17). The summed E-state index contributed by atoms with van der Waals surface area (Å²) in [4.78, 5) is 4.38. The average molecular weight is 309 g/mol. The predicted octanol–water partition coefficient (Wildman–Crippen LogP) is 4.18. The Labute approximate surface area is 116 Å². The number of nitrogens with zero attached hydrogens (tertiary/aromatic N) is 1. The maximum Gasteiger partial charge on any atom is 0.129 e. The highest BCUT2D eigenvalue weighted by Gasteiger charge is 2.07. The van der Waals surface area contributed by atoms with Gasteiger partial charge in [-0.25, -0.2) is 4.98 Å². The molecule has 1 atom stereocenters. The molecule has 2 aromatic heterocycles. The van der Waals surface area contributed by atoms with Gasteiger partial charge < -0.3 is 9.73 Å². The topological polar surface area (TPSA) is 38.1 Å². The summed E-state index contributed by atoms with van der Waals surface area (Å²) >= 11 is 3.42. The summed E-state index contributed by atoms with van der Waals surface area (Å²) in [6.45, 7) is 4.21. The lowest BCUT2D eigenvalue weighted by Crippen LogP contribution is -2.17. The minimum Gasteiger partial charge on any atom is -0.469 e. The third kappa shape index (κ3) is 3.60. The van der Waals surface area contributed by atoms with E-state index in [0.29, 0.717) is 6.04 Å². The van der Waals surface area contributed by atoms with Crippen LogP contribution in [0.2, 0.25) is 0 Å². The molecule has 2 rings (SSSR count). The predicted molar refractivity (Wildman–Crippen MR) is 76.8 cm³/mol. The van der Waals surface area contributed by atoms with Crippen LogP contribution in [0.1, 0.15) is 24.7 Å². The molecule has 2 heterocycles. The zero-order chi connectivity index (χ0) is 13.0. The van der Waals surface area contributed by atoms with E-state index in [4.69, 9.17) is 4.42 Å². The van der Waals surface area contributed by atoms with Crippen molar-refractivity contribution in [2.45, 2.75) is 32.7 Å². The van der Waals surface area contributed by atoms with Crippen molar-refractivity contribution in [2.24, 2.45) is 0 Å². The van der Waals surface area contributed by atoms with Crippen LogP contribution in [-0.2, 0) is 6.42 Å². The molecule has 0 fully saturated rings. The molecule has 0 spiro atoms. The Morgan fingerprint density at radius 3 is 3.00 bits per heavy atom. The van der Waals surface area contributed by atoms with Gasteiger partial charge in [0.1, 0.15) is 11.6 Å². The number of rotatable bonds is 5. The van der Waals surface area contributed by atoms with Gasteiger partial charge in [0, 0.05) is 23.1 Å². The minimum absolute atomic E-state index is 0.363. The number of furan rings is 1. The number of anilines is 1. The number of nitrogens with one attached hydrogen (secondary N) is 1. The highest BCUT2D eigenvalue weighted by atomic mass is 79.9. The van der Waals surface area contributed by atoms with Gasteiger partial charge in [0.05, 0.1) is 6.26 Å². The van der Waals surface area contributed by atoms with Crippen LogP contribution in [0.25, 0.3) is 0 Å². The zero-order valence-corrected chi connectivity index (χ0v) is 12.2. The normalized spacial score (nSPS) is 12.4. The lowest BCUT2D eigenvalue weighted by atomic mass is 10.1. The highest BCUT2D eigenvalue weighted by Crippen LogP contribution is 2.18. The fourth-order valence-electron chi connectivity index (χ4n) is 1.81. The fourth-order valence-corrected chi connectivity index (χ4v) is 2.26. The number of hydrogen-bond acceptors (Lipinski definition) is 3. The van der Waals surface area contributed by atoms with Gasteiger partial charge >= 0.3 is 0 Å². The second-order valence-electron chi connectivity index (χ2n) is 4.48. The Morgan fingerprint density at radius 1 is 1.50 bits per heavy atom. The molecule has 0 aliphatic carbocycles. The highest BCUT2D eigenvalue weighted by molar-refractivity contribution is 9.10. The van der Waals surface area contributed by atoms with Gasteiger partial charge in [0.15, 0.2) is 0 Å². The van der Waals surface area contributed by atoms with Crippen LogP contribution in [0, 0.1) is 6.92 Å². The van der Waals surface area contributed by atoms with E-state index in [2.05, 4.69) is 46.1 Å². The van der Waals surface area contributed by atoms with Gasteiger partial charge in [-0.1, -0.05) is 0 Å². The van der Waals surface area contributed by atoms with Gasteiger partial charge in [-0.3, -0.25) is 0 Å². The Bertz CT molecular complexity index is 497. The molecule has 0 radical (unpaired) electrons. The molecule has 0 amide bonds. The second kappa shape index (κ2) is 6.05. The van der Waals surface area contributed by atoms with Crippen molar-refractivity contribution in [3.05, 3.63) is 46.5 Å². The maximum atomic E-state index is 5.32. The third-order valence-electron chi connectivity index (χ3n) is 2.83. The van der Waals surface area contributed by atoms with Crippen molar-refractivity contribution < 1.29 is 4.42 Å². The number of hydrogen-bond donors (Lipinski definition) is 1. The Kier molecular flexibility index (Phi) is 4.42. The van der Waals surface area contributed by atoms with Crippen molar-refractivity contribution in [3.8, 4) is 0 Å². The van der Waals surface area contributed by atoms with Crippen LogP contribution in [-0.4, -0.2) is 11.0 Å². The Hall–Kier alpha value is -1.29. The molecule has 3 nitrogen and oxygen atoms in total. The fraction of sp³-hybridized carbons (Fsp3) is 0.357. The quantitative estimate of drug-likeness (QED) is 0.900. The summed E-state index contributed by atoms with van der Waals surface area (Å²) in [6, 6.07) is 6.36. The first-order chi connectivity index (χ1) is 8.65. The molecule has 18 heavy (non-hydrogen) atoms. The summed E-state index contributed by atoms with van der Waals surface area (Å²) in [6.07, 6.45) is 5.49. The molecule has 0 aromatic carbocycles. The molecule has 2 aromatic rings. The minimum atomic E-state index is 0.363. The van der Waals surface area contributed by atoms with E-state index >= 15 is 0 Å². The molecule has 4 heteroatoms. The molecule has 0 saturated heterocycles. The smallest absolute Gasteiger partial charge is 0.129 e. The Balaban J connectivity index is 1.88. The molecule has 0 aliphatic rings. The summed E-state index contributed by atoms with van der Waals surface area (Å²) in [5.41, 5.74) is 1.15. The van der Waals surface area contributed by atoms with Crippen molar-refractivity contribution in [3.63, 3.8) is 0 Å². The lowest BCUT2D eigenvalue weighted by Gasteiger charge is -2.15. The monoisotopic (exact) mass is 308 g/mol. The molecule has 0 bridgehead atoms. The SMILES string of the molecule is Cc1cc(Br)cnc1NC(C)CCc1ccco1.